The largest absolute Gasteiger partial charge is 0.496 e. The van der Waals surface area contributed by atoms with E-state index in [0.717, 1.165) is 16.0 Å². The lowest BCUT2D eigenvalue weighted by atomic mass is 10.1. The van der Waals surface area contributed by atoms with E-state index in [2.05, 4.69) is 10.3 Å². The zero-order valence-electron chi connectivity index (χ0n) is 15.4. The summed E-state index contributed by atoms with van der Waals surface area (Å²) < 4.78 is 5.38. The molecule has 0 atom stereocenters. The number of hydrogen-bond acceptors (Lipinski definition) is 7. The summed E-state index contributed by atoms with van der Waals surface area (Å²) in [6.45, 7) is 1.97. The quantitative estimate of drug-likeness (QED) is 0.345. The molecule has 1 aromatic heterocycles. The number of anilines is 1. The molecule has 0 unspecified atom stereocenters. The van der Waals surface area contributed by atoms with Gasteiger partial charge in [-0.1, -0.05) is 11.6 Å². The number of nitro benzene ring substituents is 1. The van der Waals surface area contributed by atoms with E-state index in [-0.39, 0.29) is 11.3 Å². The van der Waals surface area contributed by atoms with Crippen LogP contribution in [0.4, 0.5) is 10.8 Å². The Morgan fingerprint density at radius 2 is 2.07 bits per heavy atom. The van der Waals surface area contributed by atoms with Crippen molar-refractivity contribution in [2.24, 2.45) is 0 Å². The number of nitrogens with one attached hydrogen (secondary N) is 1. The van der Waals surface area contributed by atoms with Crippen molar-refractivity contribution >= 4 is 39.8 Å². The molecule has 0 bridgehead atoms. The van der Waals surface area contributed by atoms with E-state index in [4.69, 9.17) is 4.74 Å². The first-order chi connectivity index (χ1) is 13.4. The van der Waals surface area contributed by atoms with Crippen LogP contribution in [0.25, 0.3) is 11.3 Å². The summed E-state index contributed by atoms with van der Waals surface area (Å²) in [6.07, 6.45) is 1.84. The molecule has 0 aliphatic rings. The summed E-state index contributed by atoms with van der Waals surface area (Å²) in [6, 6.07) is 10.2. The third kappa shape index (κ3) is 4.15. The maximum absolute atomic E-state index is 12.6. The van der Waals surface area contributed by atoms with Crippen LogP contribution in [0.15, 0.2) is 46.7 Å². The Bertz CT molecular complexity index is 1050. The van der Waals surface area contributed by atoms with Gasteiger partial charge in [0, 0.05) is 21.9 Å². The van der Waals surface area contributed by atoms with Crippen molar-refractivity contribution in [1.82, 2.24) is 4.98 Å². The van der Waals surface area contributed by atoms with E-state index in [1.54, 1.807) is 18.6 Å². The number of aryl methyl sites for hydroxylation is 1. The summed E-state index contributed by atoms with van der Waals surface area (Å²) in [4.78, 5) is 28.6. The van der Waals surface area contributed by atoms with Crippen molar-refractivity contribution < 1.29 is 14.5 Å². The lowest BCUT2D eigenvalue weighted by Gasteiger charge is -2.07. The van der Waals surface area contributed by atoms with E-state index < -0.39 is 10.8 Å². The monoisotopic (exact) mass is 415 g/mol. The summed E-state index contributed by atoms with van der Waals surface area (Å²) in [5, 5.41) is 16.1. The van der Waals surface area contributed by atoms with Crippen LogP contribution in [0.1, 0.15) is 15.9 Å². The molecule has 2 aromatic carbocycles. The normalized spacial score (nSPS) is 10.5. The average Bonchev–Trinajstić information content (AvgIpc) is 3.15. The predicted octanol–water partition coefficient (Wildman–Crippen LogP) is 5.01. The molecule has 144 valence electrons. The van der Waals surface area contributed by atoms with Crippen molar-refractivity contribution in [3.8, 4) is 17.0 Å². The molecule has 1 N–H and O–H groups in total. The SMILES string of the molecule is COc1ccc(C)cc1-c1csc(NC(=O)c2cc(SC)ccc2[N+](=O)[O-])n1. The van der Waals surface area contributed by atoms with Crippen molar-refractivity contribution in [3.63, 3.8) is 0 Å². The fourth-order valence-corrected chi connectivity index (χ4v) is 3.77. The molecule has 3 aromatic rings. The highest BCUT2D eigenvalue weighted by Gasteiger charge is 2.22. The second kappa shape index (κ2) is 8.41. The minimum atomic E-state index is -0.570. The third-order valence-electron chi connectivity index (χ3n) is 4.00. The summed E-state index contributed by atoms with van der Waals surface area (Å²) >= 11 is 2.65. The van der Waals surface area contributed by atoms with Gasteiger partial charge in [-0.3, -0.25) is 20.2 Å². The molecule has 3 rings (SSSR count). The number of rotatable bonds is 6. The topological polar surface area (TPSA) is 94.4 Å². The number of amides is 1. The summed E-state index contributed by atoms with van der Waals surface area (Å²) in [7, 11) is 1.58. The zero-order valence-corrected chi connectivity index (χ0v) is 17.0. The maximum atomic E-state index is 12.6. The fraction of sp³-hybridized carbons (Fsp3) is 0.158. The number of nitro groups is 1. The number of carbonyl (C=O) groups is 1. The van der Waals surface area contributed by atoms with Crippen LogP contribution in [0.2, 0.25) is 0 Å². The number of benzene rings is 2. The highest BCUT2D eigenvalue weighted by molar-refractivity contribution is 7.98. The van der Waals surface area contributed by atoms with Gasteiger partial charge in [0.2, 0.25) is 0 Å². The van der Waals surface area contributed by atoms with E-state index in [1.807, 2.05) is 31.4 Å². The highest BCUT2D eigenvalue weighted by Crippen LogP contribution is 2.33. The highest BCUT2D eigenvalue weighted by atomic mass is 32.2. The van der Waals surface area contributed by atoms with E-state index in [9.17, 15) is 14.9 Å². The van der Waals surface area contributed by atoms with Crippen LogP contribution in [-0.2, 0) is 0 Å². The van der Waals surface area contributed by atoms with Gasteiger partial charge in [0.15, 0.2) is 5.13 Å². The number of hydrogen-bond donors (Lipinski definition) is 1. The fourth-order valence-electron chi connectivity index (χ4n) is 2.62. The molecule has 9 heteroatoms. The van der Waals surface area contributed by atoms with Gasteiger partial charge < -0.3 is 4.74 Å². The van der Waals surface area contributed by atoms with Crippen LogP contribution < -0.4 is 10.1 Å². The van der Waals surface area contributed by atoms with Crippen LogP contribution in [0, 0.1) is 17.0 Å². The van der Waals surface area contributed by atoms with Gasteiger partial charge >= 0.3 is 0 Å². The molecule has 7 nitrogen and oxygen atoms in total. The first-order valence-corrected chi connectivity index (χ1v) is 10.3. The molecule has 0 aliphatic heterocycles. The van der Waals surface area contributed by atoms with Crippen LogP contribution in [0.5, 0.6) is 5.75 Å². The molecule has 0 fully saturated rings. The zero-order chi connectivity index (χ0) is 20.3. The lowest BCUT2D eigenvalue weighted by molar-refractivity contribution is -0.385. The Morgan fingerprint density at radius 3 is 2.75 bits per heavy atom. The maximum Gasteiger partial charge on any atom is 0.282 e. The molecule has 0 spiro atoms. The number of aromatic nitrogens is 1. The van der Waals surface area contributed by atoms with Crippen molar-refractivity contribution in [2.45, 2.75) is 11.8 Å². The number of carbonyl (C=O) groups excluding carboxylic acids is 1. The molecular formula is C19H17N3O4S2. The van der Waals surface area contributed by atoms with Gasteiger partial charge in [0.05, 0.1) is 17.7 Å². The number of ether oxygens (including phenoxy) is 1. The molecule has 1 amide bonds. The van der Waals surface area contributed by atoms with Gasteiger partial charge in [-0.25, -0.2) is 4.98 Å². The summed E-state index contributed by atoms with van der Waals surface area (Å²) in [5.74, 6) is 0.108. The second-order valence-corrected chi connectivity index (χ2v) is 7.57. The Morgan fingerprint density at radius 1 is 1.29 bits per heavy atom. The predicted molar refractivity (Wildman–Crippen MR) is 112 cm³/mol. The molecule has 0 saturated carbocycles. The number of thiazole rings is 1. The van der Waals surface area contributed by atoms with Gasteiger partial charge in [-0.05, 0) is 37.4 Å². The standard InChI is InChI=1S/C19H17N3O4S2/c1-11-4-7-17(26-2)13(8-11)15-10-28-19(20-15)21-18(23)14-9-12(27-3)5-6-16(14)22(24)25/h4-10H,1-3H3,(H,20,21,23). The van der Waals surface area contributed by atoms with E-state index >= 15 is 0 Å². The molecule has 0 radical (unpaired) electrons. The Labute approximate surface area is 169 Å². The minimum Gasteiger partial charge on any atom is -0.496 e. The van der Waals surface area contributed by atoms with Gasteiger partial charge in [0.1, 0.15) is 11.3 Å². The first-order valence-electron chi connectivity index (χ1n) is 8.17. The van der Waals surface area contributed by atoms with Crippen LogP contribution >= 0.6 is 23.1 Å². The number of nitrogens with zero attached hydrogens (tertiary/aromatic N) is 2. The van der Waals surface area contributed by atoms with Crippen molar-refractivity contribution in [2.75, 3.05) is 18.7 Å². The minimum absolute atomic E-state index is 0.00161. The Balaban J connectivity index is 1.90. The van der Waals surface area contributed by atoms with Crippen molar-refractivity contribution in [1.29, 1.82) is 0 Å². The van der Waals surface area contributed by atoms with E-state index in [0.29, 0.717) is 16.6 Å². The number of thioether (sulfide) groups is 1. The molecule has 28 heavy (non-hydrogen) atoms. The average molecular weight is 415 g/mol. The van der Waals surface area contributed by atoms with E-state index in [1.165, 1.54) is 35.2 Å². The molecular weight excluding hydrogens is 398 g/mol. The summed E-state index contributed by atoms with van der Waals surface area (Å²) in [5.41, 5.74) is 2.29. The van der Waals surface area contributed by atoms with Gasteiger partial charge in [-0.15, -0.1) is 23.1 Å². The van der Waals surface area contributed by atoms with Gasteiger partial charge in [0.25, 0.3) is 11.6 Å². The Hall–Kier alpha value is -2.91. The molecule has 0 aliphatic carbocycles. The third-order valence-corrected chi connectivity index (χ3v) is 5.48. The Kier molecular flexibility index (Phi) is 5.96. The van der Waals surface area contributed by atoms with Crippen molar-refractivity contribution in [3.05, 3.63) is 63.0 Å². The second-order valence-electron chi connectivity index (χ2n) is 5.84. The first kappa shape index (κ1) is 19.8. The smallest absolute Gasteiger partial charge is 0.282 e. The lowest BCUT2D eigenvalue weighted by Crippen LogP contribution is -2.14. The van der Waals surface area contributed by atoms with Crippen LogP contribution in [0.3, 0.4) is 0 Å². The van der Waals surface area contributed by atoms with Gasteiger partial charge in [-0.2, -0.15) is 0 Å². The van der Waals surface area contributed by atoms with Crippen LogP contribution in [-0.4, -0.2) is 29.2 Å². The molecule has 0 saturated heterocycles. The number of methoxy groups -OCH3 is 1. The molecule has 1 heterocycles.